The summed E-state index contributed by atoms with van der Waals surface area (Å²) >= 11 is 7.34. The summed E-state index contributed by atoms with van der Waals surface area (Å²) in [7, 11) is 0. The molecular weight excluding hydrogens is 546 g/mol. The molecule has 5 aromatic rings. The van der Waals surface area contributed by atoms with Crippen LogP contribution in [0.1, 0.15) is 12.7 Å². The van der Waals surface area contributed by atoms with Gasteiger partial charge in [0.1, 0.15) is 28.0 Å². The summed E-state index contributed by atoms with van der Waals surface area (Å²) in [6, 6.07) is 28.5. The van der Waals surface area contributed by atoms with Gasteiger partial charge in [0.15, 0.2) is 5.57 Å². The topological polar surface area (TPSA) is 97.3 Å². The second-order valence-corrected chi connectivity index (χ2v) is 9.91. The van der Waals surface area contributed by atoms with Gasteiger partial charge in [0.05, 0.1) is 21.8 Å². The summed E-state index contributed by atoms with van der Waals surface area (Å²) in [6.07, 6.45) is 1.59. The fourth-order valence-electron chi connectivity index (χ4n) is 4.02. The maximum absolute atomic E-state index is 13.6. The summed E-state index contributed by atoms with van der Waals surface area (Å²) in [4.78, 5) is 26.9. The highest BCUT2D eigenvalue weighted by atomic mass is 35.5. The Hall–Kier alpha value is -4.84. The van der Waals surface area contributed by atoms with E-state index in [1.165, 1.54) is 4.57 Å². The van der Waals surface area contributed by atoms with Gasteiger partial charge in [0.2, 0.25) is 0 Å². The van der Waals surface area contributed by atoms with Gasteiger partial charge in [-0.05, 0) is 67.6 Å². The van der Waals surface area contributed by atoms with Gasteiger partial charge in [-0.3, -0.25) is 14.2 Å². The number of nitrogens with zero attached hydrogens (tertiary/aromatic N) is 2. The van der Waals surface area contributed by atoms with Gasteiger partial charge in [0.25, 0.3) is 11.5 Å². The number of anilines is 1. The second kappa shape index (κ2) is 11.9. The van der Waals surface area contributed by atoms with Crippen molar-refractivity contribution in [2.45, 2.75) is 6.92 Å². The van der Waals surface area contributed by atoms with Crippen LogP contribution in [0, 0.1) is 11.3 Å². The van der Waals surface area contributed by atoms with Crippen molar-refractivity contribution >= 4 is 46.2 Å². The lowest BCUT2D eigenvalue weighted by molar-refractivity contribution is -0.111. The molecule has 2 aromatic heterocycles. The van der Waals surface area contributed by atoms with Crippen LogP contribution in [0.2, 0.25) is 5.02 Å². The summed E-state index contributed by atoms with van der Waals surface area (Å²) in [5, 5.41) is 13.3. The standard InChI is InChI=1S/C31H22ClN3O4S/c1-2-38-22-14-12-20(13-15-22)34-29(36)25(19-33)31-35(21-8-4-3-5-9-21)30(37)28(40-31)18-23-16-17-27(39-23)24-10-6-7-11-26(24)32/h3-18H,2H2,1H3,(H,34,36)/b28-18+,31-25+. The lowest BCUT2D eigenvalue weighted by atomic mass is 10.2. The van der Waals surface area contributed by atoms with Gasteiger partial charge in [-0.1, -0.05) is 41.9 Å². The predicted molar refractivity (Wildman–Crippen MR) is 157 cm³/mol. The molecule has 0 aliphatic heterocycles. The Labute approximate surface area is 238 Å². The molecule has 1 N–H and O–H groups in total. The molecular formula is C31H22ClN3O4S. The number of hydrogen-bond acceptors (Lipinski definition) is 6. The van der Waals surface area contributed by atoms with Crippen LogP contribution in [0.5, 0.6) is 5.75 Å². The molecule has 2 heterocycles. The molecule has 0 unspecified atom stereocenters. The number of thiazole rings is 1. The first-order valence-corrected chi connectivity index (χ1v) is 13.5. The van der Waals surface area contributed by atoms with Crippen LogP contribution in [0.25, 0.3) is 28.7 Å². The lowest BCUT2D eigenvalue weighted by Crippen LogP contribution is -2.32. The molecule has 9 heteroatoms. The van der Waals surface area contributed by atoms with E-state index < -0.39 is 5.91 Å². The predicted octanol–water partition coefficient (Wildman–Crippen LogP) is 5.35. The highest BCUT2D eigenvalue weighted by Gasteiger charge is 2.18. The maximum Gasteiger partial charge on any atom is 0.273 e. The number of carbonyl (C=O) groups excluding carboxylic acids is 1. The minimum atomic E-state index is -0.636. The van der Waals surface area contributed by atoms with Crippen LogP contribution in [0.3, 0.4) is 0 Å². The minimum absolute atomic E-state index is 0.198. The molecule has 0 radical (unpaired) electrons. The quantitative estimate of drug-likeness (QED) is 0.286. The molecule has 0 fully saturated rings. The van der Waals surface area contributed by atoms with Gasteiger partial charge < -0.3 is 14.5 Å². The molecule has 0 atom stereocenters. The van der Waals surface area contributed by atoms with Gasteiger partial charge >= 0.3 is 0 Å². The van der Waals surface area contributed by atoms with Crippen molar-refractivity contribution in [2.75, 3.05) is 11.9 Å². The summed E-state index contributed by atoms with van der Waals surface area (Å²) in [5.41, 5.74) is 1.15. The van der Waals surface area contributed by atoms with Crippen molar-refractivity contribution < 1.29 is 13.9 Å². The number of carbonyl (C=O) groups is 1. The molecule has 1 amide bonds. The van der Waals surface area contributed by atoms with E-state index in [2.05, 4.69) is 5.32 Å². The third kappa shape index (κ3) is 5.61. The van der Waals surface area contributed by atoms with E-state index in [-0.39, 0.29) is 15.8 Å². The van der Waals surface area contributed by atoms with Crippen LogP contribution in [-0.2, 0) is 4.79 Å². The van der Waals surface area contributed by atoms with E-state index in [9.17, 15) is 14.9 Å². The number of benzene rings is 3. The minimum Gasteiger partial charge on any atom is -0.494 e. The van der Waals surface area contributed by atoms with Crippen LogP contribution < -0.4 is 24.8 Å². The van der Waals surface area contributed by atoms with E-state index in [0.29, 0.717) is 44.8 Å². The first kappa shape index (κ1) is 26.8. The average molecular weight is 568 g/mol. The summed E-state index contributed by atoms with van der Waals surface area (Å²) in [6.45, 7) is 2.40. The first-order chi connectivity index (χ1) is 19.5. The normalized spacial score (nSPS) is 12.1. The lowest BCUT2D eigenvalue weighted by Gasteiger charge is -2.07. The number of halogens is 1. The van der Waals surface area contributed by atoms with E-state index in [0.717, 1.165) is 16.9 Å². The van der Waals surface area contributed by atoms with Gasteiger partial charge in [-0.2, -0.15) is 5.26 Å². The largest absolute Gasteiger partial charge is 0.494 e. The molecule has 0 saturated heterocycles. The number of amides is 1. The average Bonchev–Trinajstić information content (AvgIpc) is 3.55. The highest BCUT2D eigenvalue weighted by Crippen LogP contribution is 2.29. The third-order valence-corrected chi connectivity index (χ3v) is 7.28. The zero-order valence-electron chi connectivity index (χ0n) is 21.3. The Bertz CT molecular complexity index is 1900. The van der Waals surface area contributed by atoms with E-state index in [1.807, 2.05) is 37.3 Å². The van der Waals surface area contributed by atoms with Crippen molar-refractivity contribution in [1.29, 1.82) is 5.26 Å². The van der Waals surface area contributed by atoms with E-state index >= 15 is 0 Å². The molecule has 198 valence electrons. The smallest absolute Gasteiger partial charge is 0.273 e. The van der Waals surface area contributed by atoms with Gasteiger partial charge in [-0.25, -0.2) is 0 Å². The van der Waals surface area contributed by atoms with Crippen LogP contribution in [0.15, 0.2) is 100 Å². The molecule has 5 rings (SSSR count). The van der Waals surface area contributed by atoms with Crippen LogP contribution >= 0.6 is 22.9 Å². The number of hydrogen-bond donors (Lipinski definition) is 1. The van der Waals surface area contributed by atoms with Crippen molar-refractivity contribution in [3.63, 3.8) is 0 Å². The maximum atomic E-state index is 13.6. The van der Waals surface area contributed by atoms with Gasteiger partial charge in [0, 0.05) is 17.3 Å². The Morgan fingerprint density at radius 3 is 2.48 bits per heavy atom. The number of para-hydroxylation sites is 1. The van der Waals surface area contributed by atoms with Gasteiger partial charge in [-0.15, -0.1) is 11.3 Å². The number of ether oxygens (including phenoxy) is 1. The van der Waals surface area contributed by atoms with Crippen molar-refractivity contribution in [2.24, 2.45) is 0 Å². The fraction of sp³-hybridized carbons (Fsp3) is 0.0645. The monoisotopic (exact) mass is 567 g/mol. The molecule has 0 aliphatic rings. The number of nitriles is 1. The number of nitrogens with one attached hydrogen (secondary N) is 1. The van der Waals surface area contributed by atoms with Crippen molar-refractivity contribution in [3.05, 3.63) is 121 Å². The molecule has 0 saturated carbocycles. The molecule has 0 spiro atoms. The second-order valence-electron chi connectivity index (χ2n) is 8.47. The summed E-state index contributed by atoms with van der Waals surface area (Å²) in [5.74, 6) is 1.01. The van der Waals surface area contributed by atoms with Crippen molar-refractivity contribution in [3.8, 4) is 28.8 Å². The fourth-order valence-corrected chi connectivity index (χ4v) is 5.33. The van der Waals surface area contributed by atoms with E-state index in [4.69, 9.17) is 20.8 Å². The van der Waals surface area contributed by atoms with Crippen LogP contribution in [0.4, 0.5) is 5.69 Å². The third-order valence-electron chi connectivity index (χ3n) is 5.85. The molecule has 3 aromatic carbocycles. The molecule has 7 nitrogen and oxygen atoms in total. The van der Waals surface area contributed by atoms with Crippen LogP contribution in [-0.4, -0.2) is 17.1 Å². The SMILES string of the molecule is CCOc1ccc(NC(=O)/C(C#N)=c2/s/c(=C/c3ccc(-c4ccccc4Cl)o3)c(=O)n2-c2ccccc2)cc1. The molecule has 0 aliphatic carbocycles. The number of rotatable bonds is 7. The zero-order chi connectivity index (χ0) is 28.1. The Kier molecular flexibility index (Phi) is 7.97. The first-order valence-electron chi connectivity index (χ1n) is 12.3. The molecule has 40 heavy (non-hydrogen) atoms. The Morgan fingerprint density at radius 1 is 1.05 bits per heavy atom. The Balaban J connectivity index is 1.61. The highest BCUT2D eigenvalue weighted by molar-refractivity contribution is 7.07. The zero-order valence-corrected chi connectivity index (χ0v) is 22.8. The molecule has 0 bridgehead atoms. The van der Waals surface area contributed by atoms with Crippen molar-refractivity contribution in [1.82, 2.24) is 4.57 Å². The Morgan fingerprint density at radius 2 is 1.77 bits per heavy atom. The summed E-state index contributed by atoms with van der Waals surface area (Å²) < 4.78 is 13.3. The van der Waals surface area contributed by atoms with E-state index in [1.54, 1.807) is 72.8 Å². The number of aromatic nitrogens is 1. The number of furan rings is 1.